The summed E-state index contributed by atoms with van der Waals surface area (Å²) in [5, 5.41) is 0. The summed E-state index contributed by atoms with van der Waals surface area (Å²) in [5.41, 5.74) is 3.45. The zero-order chi connectivity index (χ0) is 21.8. The summed E-state index contributed by atoms with van der Waals surface area (Å²) in [5.74, 6) is 1.39. The van der Waals surface area contributed by atoms with Gasteiger partial charge in [-0.15, -0.1) is 0 Å². The summed E-state index contributed by atoms with van der Waals surface area (Å²) in [6.07, 6.45) is 6.86. The summed E-state index contributed by atoms with van der Waals surface area (Å²) in [4.78, 5) is 22.7. The monoisotopic (exact) mass is 421 g/mol. The standard InChI is InChI=1S/C26H35N3O2/c1-19(2)28-15-12-22(13-16-28)26(30)29-14-4-5-25(29)24-11-8-21(18-27-24)17-20-6-9-23(31-3)10-7-20/h6-11,18-19,22,25H,4-5,12-17H2,1-3H3. The first-order valence-electron chi connectivity index (χ1n) is 11.7. The summed E-state index contributed by atoms with van der Waals surface area (Å²) in [6, 6.07) is 13.1. The number of ether oxygens (including phenoxy) is 1. The molecule has 1 atom stereocenters. The van der Waals surface area contributed by atoms with Crippen LogP contribution in [-0.2, 0) is 11.2 Å². The fourth-order valence-electron chi connectivity index (χ4n) is 4.95. The van der Waals surface area contributed by atoms with E-state index in [1.807, 2.05) is 18.3 Å². The quantitative estimate of drug-likeness (QED) is 0.691. The van der Waals surface area contributed by atoms with E-state index in [9.17, 15) is 4.79 Å². The van der Waals surface area contributed by atoms with Crippen molar-refractivity contribution in [3.63, 3.8) is 0 Å². The molecule has 5 nitrogen and oxygen atoms in total. The number of piperidine rings is 1. The lowest BCUT2D eigenvalue weighted by molar-refractivity contribution is -0.138. The molecule has 1 unspecified atom stereocenters. The second-order valence-corrected chi connectivity index (χ2v) is 9.21. The van der Waals surface area contributed by atoms with E-state index in [4.69, 9.17) is 9.72 Å². The van der Waals surface area contributed by atoms with Crippen molar-refractivity contribution in [1.29, 1.82) is 0 Å². The topological polar surface area (TPSA) is 45.7 Å². The van der Waals surface area contributed by atoms with Gasteiger partial charge in [0.15, 0.2) is 0 Å². The highest BCUT2D eigenvalue weighted by Gasteiger charge is 2.36. The van der Waals surface area contributed by atoms with Crippen LogP contribution in [0.4, 0.5) is 0 Å². The Bertz CT molecular complexity index is 855. The molecule has 0 aliphatic carbocycles. The fraction of sp³-hybridized carbons (Fsp3) is 0.538. The lowest BCUT2D eigenvalue weighted by atomic mass is 9.94. The van der Waals surface area contributed by atoms with Gasteiger partial charge in [-0.1, -0.05) is 18.2 Å². The molecule has 0 radical (unpaired) electrons. The maximum absolute atomic E-state index is 13.3. The molecular formula is C26H35N3O2. The molecule has 0 saturated carbocycles. The molecule has 5 heteroatoms. The number of amides is 1. The summed E-state index contributed by atoms with van der Waals surface area (Å²) in [6.45, 7) is 7.41. The van der Waals surface area contributed by atoms with Crippen molar-refractivity contribution in [2.45, 2.75) is 58.0 Å². The van der Waals surface area contributed by atoms with Gasteiger partial charge in [0.1, 0.15) is 5.75 Å². The summed E-state index contributed by atoms with van der Waals surface area (Å²) in [7, 11) is 1.68. The van der Waals surface area contributed by atoms with E-state index in [-0.39, 0.29) is 12.0 Å². The van der Waals surface area contributed by atoms with Gasteiger partial charge in [-0.3, -0.25) is 9.78 Å². The molecule has 2 aliphatic rings. The fourth-order valence-corrected chi connectivity index (χ4v) is 4.95. The van der Waals surface area contributed by atoms with E-state index in [0.717, 1.165) is 63.2 Å². The van der Waals surface area contributed by atoms with Crippen LogP contribution in [0.1, 0.15) is 62.4 Å². The first kappa shape index (κ1) is 21.8. The molecule has 2 aromatic rings. The minimum Gasteiger partial charge on any atom is -0.497 e. The number of aromatic nitrogens is 1. The Morgan fingerprint density at radius 2 is 1.74 bits per heavy atom. The number of rotatable bonds is 6. The molecule has 0 spiro atoms. The number of benzene rings is 1. The van der Waals surface area contributed by atoms with Crippen molar-refractivity contribution in [3.05, 3.63) is 59.4 Å². The van der Waals surface area contributed by atoms with Crippen LogP contribution in [0.3, 0.4) is 0 Å². The van der Waals surface area contributed by atoms with E-state index < -0.39 is 0 Å². The van der Waals surface area contributed by atoms with Gasteiger partial charge in [-0.2, -0.15) is 0 Å². The van der Waals surface area contributed by atoms with Crippen LogP contribution in [0.5, 0.6) is 5.75 Å². The highest BCUT2D eigenvalue weighted by molar-refractivity contribution is 5.79. The van der Waals surface area contributed by atoms with Gasteiger partial charge >= 0.3 is 0 Å². The number of carbonyl (C=O) groups is 1. The average molecular weight is 422 g/mol. The highest BCUT2D eigenvalue weighted by atomic mass is 16.5. The van der Waals surface area contributed by atoms with E-state index in [1.165, 1.54) is 11.1 Å². The van der Waals surface area contributed by atoms with Crippen LogP contribution < -0.4 is 4.74 Å². The van der Waals surface area contributed by atoms with E-state index in [2.05, 4.69) is 47.9 Å². The molecule has 0 bridgehead atoms. The maximum atomic E-state index is 13.3. The lowest BCUT2D eigenvalue weighted by Crippen LogP contribution is -2.44. The number of methoxy groups -OCH3 is 1. The molecule has 3 heterocycles. The molecule has 166 valence electrons. The third-order valence-electron chi connectivity index (χ3n) is 6.90. The number of carbonyl (C=O) groups excluding carboxylic acids is 1. The van der Waals surface area contributed by atoms with Gasteiger partial charge in [0.2, 0.25) is 5.91 Å². The average Bonchev–Trinajstić information content (AvgIpc) is 3.29. The predicted molar refractivity (Wildman–Crippen MR) is 123 cm³/mol. The molecule has 2 fully saturated rings. The van der Waals surface area contributed by atoms with Crippen LogP contribution in [-0.4, -0.2) is 53.5 Å². The smallest absolute Gasteiger partial charge is 0.226 e. The number of likely N-dealkylation sites (tertiary alicyclic amines) is 2. The lowest BCUT2D eigenvalue weighted by Gasteiger charge is -2.36. The summed E-state index contributed by atoms with van der Waals surface area (Å²) >= 11 is 0. The molecule has 1 aromatic carbocycles. The Morgan fingerprint density at radius 1 is 1.03 bits per heavy atom. The van der Waals surface area contributed by atoms with E-state index in [1.54, 1.807) is 7.11 Å². The Morgan fingerprint density at radius 3 is 2.35 bits per heavy atom. The van der Waals surface area contributed by atoms with Crippen molar-refractivity contribution in [3.8, 4) is 5.75 Å². The van der Waals surface area contributed by atoms with Crippen LogP contribution in [0.25, 0.3) is 0 Å². The molecule has 1 amide bonds. The third kappa shape index (κ3) is 5.09. The van der Waals surface area contributed by atoms with Crippen LogP contribution in [0.15, 0.2) is 42.6 Å². The molecule has 1 aromatic heterocycles. The Hall–Kier alpha value is -2.40. The van der Waals surface area contributed by atoms with Crippen molar-refractivity contribution >= 4 is 5.91 Å². The van der Waals surface area contributed by atoms with E-state index in [0.29, 0.717) is 11.9 Å². The second-order valence-electron chi connectivity index (χ2n) is 9.21. The van der Waals surface area contributed by atoms with Crippen molar-refractivity contribution in [2.24, 2.45) is 5.92 Å². The molecule has 31 heavy (non-hydrogen) atoms. The number of nitrogens with zero attached hydrogens (tertiary/aromatic N) is 3. The normalized spacial score (nSPS) is 20.4. The number of hydrogen-bond acceptors (Lipinski definition) is 4. The third-order valence-corrected chi connectivity index (χ3v) is 6.90. The first-order chi connectivity index (χ1) is 15.0. The van der Waals surface area contributed by atoms with E-state index >= 15 is 0 Å². The zero-order valence-electron chi connectivity index (χ0n) is 19.1. The molecule has 2 saturated heterocycles. The number of hydrogen-bond donors (Lipinski definition) is 0. The predicted octanol–water partition coefficient (Wildman–Crippen LogP) is 4.46. The Balaban J connectivity index is 1.38. The van der Waals surface area contributed by atoms with Crippen molar-refractivity contribution < 1.29 is 9.53 Å². The highest BCUT2D eigenvalue weighted by Crippen LogP contribution is 2.34. The SMILES string of the molecule is COc1ccc(Cc2ccc(C3CCCN3C(=O)C3CCN(C(C)C)CC3)nc2)cc1. The summed E-state index contributed by atoms with van der Waals surface area (Å²) < 4.78 is 5.23. The minimum atomic E-state index is 0.130. The van der Waals surface area contributed by atoms with Gasteiger partial charge in [0.05, 0.1) is 18.8 Å². The molecule has 4 rings (SSSR count). The minimum absolute atomic E-state index is 0.130. The van der Waals surface area contributed by atoms with Crippen LogP contribution >= 0.6 is 0 Å². The van der Waals surface area contributed by atoms with Gasteiger partial charge in [-0.05, 0) is 88.4 Å². The van der Waals surface area contributed by atoms with Crippen LogP contribution in [0.2, 0.25) is 0 Å². The maximum Gasteiger partial charge on any atom is 0.226 e. The van der Waals surface area contributed by atoms with Gasteiger partial charge in [-0.25, -0.2) is 0 Å². The van der Waals surface area contributed by atoms with Gasteiger partial charge < -0.3 is 14.5 Å². The molecule has 0 N–H and O–H groups in total. The second kappa shape index (κ2) is 9.82. The van der Waals surface area contributed by atoms with Crippen molar-refractivity contribution in [1.82, 2.24) is 14.8 Å². The van der Waals surface area contributed by atoms with Gasteiger partial charge in [0, 0.05) is 24.7 Å². The molecular weight excluding hydrogens is 386 g/mol. The molecule has 2 aliphatic heterocycles. The van der Waals surface area contributed by atoms with Crippen molar-refractivity contribution in [2.75, 3.05) is 26.7 Å². The largest absolute Gasteiger partial charge is 0.497 e. The Kier molecular flexibility index (Phi) is 6.91. The number of pyridine rings is 1. The first-order valence-corrected chi connectivity index (χ1v) is 11.7. The zero-order valence-corrected chi connectivity index (χ0v) is 19.1. The Labute approximate surface area is 186 Å². The van der Waals surface area contributed by atoms with Crippen LogP contribution in [0, 0.1) is 5.92 Å². The van der Waals surface area contributed by atoms with Gasteiger partial charge in [0.25, 0.3) is 0 Å².